The molecule has 0 spiro atoms. The summed E-state index contributed by atoms with van der Waals surface area (Å²) in [7, 11) is 0. The van der Waals surface area contributed by atoms with Crippen LogP contribution in [0.3, 0.4) is 0 Å². The molecule has 0 aromatic heterocycles. The van der Waals surface area contributed by atoms with Gasteiger partial charge in [0.25, 0.3) is 0 Å². The van der Waals surface area contributed by atoms with Crippen LogP contribution in [0.15, 0.2) is 0 Å². The van der Waals surface area contributed by atoms with Gasteiger partial charge in [-0.05, 0) is 13.8 Å². The van der Waals surface area contributed by atoms with Gasteiger partial charge < -0.3 is 10.2 Å². The average molecular weight is 254 g/mol. The van der Waals surface area contributed by atoms with Crippen LogP contribution in [0.5, 0.6) is 0 Å². The van der Waals surface area contributed by atoms with Gasteiger partial charge in [-0.15, -0.1) is 13.2 Å². The molecule has 0 aromatic rings. The highest BCUT2D eigenvalue weighted by molar-refractivity contribution is 5.97. The molecule has 1 saturated heterocycles. The van der Waals surface area contributed by atoms with E-state index in [0.717, 1.165) is 4.90 Å². The summed E-state index contributed by atoms with van der Waals surface area (Å²) in [5.41, 5.74) is -1.16. The van der Waals surface area contributed by atoms with Crippen LogP contribution in [-0.4, -0.2) is 48.3 Å². The summed E-state index contributed by atoms with van der Waals surface area (Å²) in [6, 6.07) is 0. The molecule has 5 nitrogen and oxygen atoms in total. The van der Waals surface area contributed by atoms with Crippen molar-refractivity contribution in [1.82, 2.24) is 10.2 Å². The Hall–Kier alpha value is -1.31. The van der Waals surface area contributed by atoms with E-state index in [0.29, 0.717) is 0 Å². The van der Waals surface area contributed by atoms with Crippen molar-refractivity contribution < 1.29 is 27.5 Å². The number of ether oxygens (including phenoxy) is 1. The van der Waals surface area contributed by atoms with Crippen molar-refractivity contribution in [2.75, 3.05) is 19.7 Å². The third-order valence-corrected chi connectivity index (χ3v) is 2.51. The Morgan fingerprint density at radius 1 is 1.41 bits per heavy atom. The molecule has 0 aromatic carbocycles. The summed E-state index contributed by atoms with van der Waals surface area (Å²) < 4.78 is 38.9. The quantitative estimate of drug-likeness (QED) is 0.786. The summed E-state index contributed by atoms with van der Waals surface area (Å²) in [6.45, 7) is 1.76. The molecule has 2 amide bonds. The first-order valence-electron chi connectivity index (χ1n) is 4.94. The standard InChI is InChI=1S/C9H13F3N2O3/c1-8(2)7(16)13-5-6(15)14(8)3-4-17-9(10,11)12/h3-5H2,1-2H3,(H,13,16). The Kier molecular flexibility index (Phi) is 3.65. The molecule has 1 heterocycles. The summed E-state index contributed by atoms with van der Waals surface area (Å²) in [6.07, 6.45) is -4.73. The van der Waals surface area contributed by atoms with Gasteiger partial charge in [0, 0.05) is 6.54 Å². The molecule has 98 valence electrons. The lowest BCUT2D eigenvalue weighted by atomic mass is 9.99. The zero-order valence-corrected chi connectivity index (χ0v) is 9.43. The first kappa shape index (κ1) is 13.8. The zero-order chi connectivity index (χ0) is 13.3. The predicted octanol–water partition coefficient (Wildman–Crippen LogP) is 0.260. The molecule has 0 atom stereocenters. The van der Waals surface area contributed by atoms with Crippen LogP contribution in [0.1, 0.15) is 13.8 Å². The number of nitrogens with zero attached hydrogens (tertiary/aromatic N) is 1. The van der Waals surface area contributed by atoms with Crippen molar-refractivity contribution in [3.63, 3.8) is 0 Å². The van der Waals surface area contributed by atoms with Gasteiger partial charge >= 0.3 is 6.36 Å². The topological polar surface area (TPSA) is 58.6 Å². The molecule has 1 fully saturated rings. The third kappa shape index (κ3) is 3.32. The number of amides is 2. The van der Waals surface area contributed by atoms with Gasteiger partial charge in [-0.1, -0.05) is 0 Å². The minimum absolute atomic E-state index is 0.200. The fourth-order valence-corrected chi connectivity index (χ4v) is 1.56. The van der Waals surface area contributed by atoms with Crippen LogP contribution in [0, 0.1) is 0 Å². The molecular formula is C9H13F3N2O3. The molecule has 0 saturated carbocycles. The lowest BCUT2D eigenvalue weighted by Gasteiger charge is -2.40. The molecule has 8 heteroatoms. The van der Waals surface area contributed by atoms with Crippen LogP contribution in [0.25, 0.3) is 0 Å². The molecule has 17 heavy (non-hydrogen) atoms. The maximum absolute atomic E-state index is 11.8. The second kappa shape index (κ2) is 4.52. The SMILES string of the molecule is CC1(C)C(=O)NCC(=O)N1CCOC(F)(F)F. The van der Waals surface area contributed by atoms with Gasteiger partial charge in [-0.25, -0.2) is 0 Å². The van der Waals surface area contributed by atoms with Crippen LogP contribution in [0.4, 0.5) is 13.2 Å². The molecule has 0 unspecified atom stereocenters. The lowest BCUT2D eigenvalue weighted by molar-refractivity contribution is -0.325. The number of piperazine rings is 1. The number of halogens is 3. The minimum Gasteiger partial charge on any atom is -0.345 e. The van der Waals surface area contributed by atoms with E-state index < -0.39 is 30.3 Å². The van der Waals surface area contributed by atoms with E-state index in [1.807, 2.05) is 0 Å². The molecule has 0 bridgehead atoms. The Morgan fingerprint density at radius 3 is 2.53 bits per heavy atom. The second-order valence-electron chi connectivity index (χ2n) is 4.08. The fraction of sp³-hybridized carbons (Fsp3) is 0.778. The van der Waals surface area contributed by atoms with Crippen molar-refractivity contribution in [2.45, 2.75) is 25.7 Å². The Balaban J connectivity index is 2.61. The van der Waals surface area contributed by atoms with E-state index in [4.69, 9.17) is 0 Å². The number of nitrogens with one attached hydrogen (secondary N) is 1. The maximum Gasteiger partial charge on any atom is 0.522 e. The number of alkyl halides is 3. The normalized spacial score (nSPS) is 20.4. The van der Waals surface area contributed by atoms with Crippen LogP contribution in [0.2, 0.25) is 0 Å². The van der Waals surface area contributed by atoms with Crippen LogP contribution < -0.4 is 5.32 Å². The van der Waals surface area contributed by atoms with E-state index in [1.54, 1.807) is 0 Å². The fourth-order valence-electron chi connectivity index (χ4n) is 1.56. The molecule has 1 rings (SSSR count). The molecular weight excluding hydrogens is 241 g/mol. The van der Waals surface area contributed by atoms with Crippen molar-refractivity contribution >= 4 is 11.8 Å². The largest absolute Gasteiger partial charge is 0.522 e. The average Bonchev–Trinajstić information content (AvgIpc) is 2.16. The Morgan fingerprint density at radius 2 is 2.00 bits per heavy atom. The Labute approximate surface area is 95.9 Å². The number of hydrogen-bond donors (Lipinski definition) is 1. The highest BCUT2D eigenvalue weighted by Gasteiger charge is 2.41. The van der Waals surface area contributed by atoms with Gasteiger partial charge in [-0.2, -0.15) is 0 Å². The molecule has 0 aliphatic carbocycles. The monoisotopic (exact) mass is 254 g/mol. The van der Waals surface area contributed by atoms with Crippen molar-refractivity contribution in [3.05, 3.63) is 0 Å². The molecule has 1 N–H and O–H groups in total. The predicted molar refractivity (Wildman–Crippen MR) is 50.8 cm³/mol. The highest BCUT2D eigenvalue weighted by Crippen LogP contribution is 2.20. The maximum atomic E-state index is 11.8. The number of carbonyl (C=O) groups is 2. The van der Waals surface area contributed by atoms with E-state index in [1.165, 1.54) is 13.8 Å². The van der Waals surface area contributed by atoms with Crippen molar-refractivity contribution in [1.29, 1.82) is 0 Å². The van der Waals surface area contributed by atoms with Gasteiger partial charge in [0.2, 0.25) is 11.8 Å². The van der Waals surface area contributed by atoms with Crippen LogP contribution in [-0.2, 0) is 14.3 Å². The third-order valence-electron chi connectivity index (χ3n) is 2.51. The summed E-state index contributed by atoms with van der Waals surface area (Å²) in [4.78, 5) is 24.0. The zero-order valence-electron chi connectivity index (χ0n) is 9.43. The smallest absolute Gasteiger partial charge is 0.345 e. The van der Waals surface area contributed by atoms with Gasteiger partial charge in [0.05, 0.1) is 13.2 Å². The first-order chi connectivity index (χ1) is 7.64. The van der Waals surface area contributed by atoms with E-state index in [9.17, 15) is 22.8 Å². The number of hydrogen-bond acceptors (Lipinski definition) is 3. The van der Waals surface area contributed by atoms with Gasteiger partial charge in [-0.3, -0.25) is 14.3 Å². The molecule has 1 aliphatic heterocycles. The summed E-state index contributed by atoms with van der Waals surface area (Å²) in [5, 5.41) is 2.37. The summed E-state index contributed by atoms with van der Waals surface area (Å²) >= 11 is 0. The number of rotatable bonds is 3. The lowest BCUT2D eigenvalue weighted by Crippen LogP contribution is -2.64. The van der Waals surface area contributed by atoms with Gasteiger partial charge in [0.1, 0.15) is 5.54 Å². The first-order valence-corrected chi connectivity index (χ1v) is 4.94. The summed E-state index contributed by atoms with van der Waals surface area (Å²) in [5.74, 6) is -0.829. The Bertz CT molecular complexity index is 328. The van der Waals surface area contributed by atoms with E-state index in [-0.39, 0.29) is 13.1 Å². The van der Waals surface area contributed by atoms with E-state index >= 15 is 0 Å². The van der Waals surface area contributed by atoms with E-state index in [2.05, 4.69) is 10.1 Å². The van der Waals surface area contributed by atoms with Gasteiger partial charge in [0.15, 0.2) is 0 Å². The van der Waals surface area contributed by atoms with Crippen molar-refractivity contribution in [3.8, 4) is 0 Å². The van der Waals surface area contributed by atoms with Crippen molar-refractivity contribution in [2.24, 2.45) is 0 Å². The molecule has 1 aliphatic rings. The number of carbonyl (C=O) groups excluding carboxylic acids is 2. The molecule has 0 radical (unpaired) electrons. The van der Waals surface area contributed by atoms with Crippen LogP contribution >= 0.6 is 0 Å². The minimum atomic E-state index is -4.73. The highest BCUT2D eigenvalue weighted by atomic mass is 19.4. The second-order valence-corrected chi connectivity index (χ2v) is 4.08.